The first-order valence-corrected chi connectivity index (χ1v) is 12.3. The molecule has 0 radical (unpaired) electrons. The van der Waals surface area contributed by atoms with E-state index < -0.39 is 22.1 Å². The van der Waals surface area contributed by atoms with Crippen molar-refractivity contribution in [1.82, 2.24) is 5.32 Å². The minimum absolute atomic E-state index is 0.0871. The molecule has 3 aromatic rings. The summed E-state index contributed by atoms with van der Waals surface area (Å²) >= 11 is 12.3. The van der Waals surface area contributed by atoms with Gasteiger partial charge in [0.1, 0.15) is 0 Å². The number of sulfonamides is 1. The van der Waals surface area contributed by atoms with Crippen molar-refractivity contribution in [3.8, 4) is 0 Å². The average Bonchev–Trinajstić information content (AvgIpc) is 2.78. The number of amides is 2. The Morgan fingerprint density at radius 1 is 1.00 bits per heavy atom. The molecule has 174 valence electrons. The molecule has 7 nitrogen and oxygen atoms in total. The van der Waals surface area contributed by atoms with Crippen LogP contribution in [0.2, 0.25) is 10.0 Å². The zero-order valence-corrected chi connectivity index (χ0v) is 20.0. The van der Waals surface area contributed by atoms with Gasteiger partial charge in [0.05, 0.1) is 32.4 Å². The molecule has 3 aromatic carbocycles. The van der Waals surface area contributed by atoms with Crippen molar-refractivity contribution in [1.29, 1.82) is 0 Å². The van der Waals surface area contributed by atoms with Gasteiger partial charge in [0.2, 0.25) is 0 Å². The van der Waals surface area contributed by atoms with E-state index in [1.807, 2.05) is 0 Å². The molecule has 4 N–H and O–H groups in total. The van der Waals surface area contributed by atoms with Crippen LogP contribution in [-0.2, 0) is 16.4 Å². The number of anilines is 2. The van der Waals surface area contributed by atoms with Crippen LogP contribution in [0.3, 0.4) is 0 Å². The number of hydrogen-bond donors (Lipinski definition) is 4. The molecule has 3 rings (SSSR count). The standard InChI is InChI=1S/C23H23Cl2N3O4S/c1-15(18-8-5-9-19(24)22(18)25)26-23(30)27-21-14-16(12-13-29)10-11-20(21)28-33(31,32)17-6-3-2-4-7-17/h2-11,14-15,28-29H,12-13H2,1H3,(H2,26,27,30)/t15-/m0/s1. The smallest absolute Gasteiger partial charge is 0.319 e. The number of carbonyl (C=O) groups is 1. The normalized spacial score (nSPS) is 12.1. The zero-order valence-electron chi connectivity index (χ0n) is 17.7. The number of aliphatic hydroxyl groups excluding tert-OH is 1. The summed E-state index contributed by atoms with van der Waals surface area (Å²) in [5, 5.41) is 15.4. The lowest BCUT2D eigenvalue weighted by Gasteiger charge is -2.19. The largest absolute Gasteiger partial charge is 0.396 e. The van der Waals surface area contributed by atoms with E-state index in [2.05, 4.69) is 15.4 Å². The van der Waals surface area contributed by atoms with Crippen LogP contribution in [-0.4, -0.2) is 26.2 Å². The lowest BCUT2D eigenvalue weighted by Crippen LogP contribution is -2.31. The molecular formula is C23H23Cl2N3O4S. The van der Waals surface area contributed by atoms with Crippen LogP contribution in [0.15, 0.2) is 71.6 Å². The third-order valence-electron chi connectivity index (χ3n) is 4.83. The number of halogens is 2. The molecule has 10 heteroatoms. The van der Waals surface area contributed by atoms with E-state index in [0.717, 1.165) is 5.56 Å². The molecule has 0 heterocycles. The Bertz CT molecular complexity index is 1240. The molecule has 0 fully saturated rings. The predicted molar refractivity (Wildman–Crippen MR) is 132 cm³/mol. The Morgan fingerprint density at radius 2 is 1.73 bits per heavy atom. The quantitative estimate of drug-likeness (QED) is 0.335. The Kier molecular flexibility index (Phi) is 8.20. The van der Waals surface area contributed by atoms with Crippen LogP contribution in [0.5, 0.6) is 0 Å². The zero-order chi connectivity index (χ0) is 24.0. The summed E-state index contributed by atoms with van der Waals surface area (Å²) < 4.78 is 28.1. The van der Waals surface area contributed by atoms with Crippen molar-refractivity contribution >= 4 is 50.6 Å². The third kappa shape index (κ3) is 6.39. The number of carbonyl (C=O) groups excluding carboxylic acids is 1. The number of aliphatic hydroxyl groups is 1. The molecule has 0 saturated carbocycles. The van der Waals surface area contributed by atoms with Crippen molar-refractivity contribution in [2.75, 3.05) is 16.6 Å². The maximum absolute atomic E-state index is 12.8. The van der Waals surface area contributed by atoms with Crippen molar-refractivity contribution < 1.29 is 18.3 Å². The summed E-state index contributed by atoms with van der Waals surface area (Å²) in [5.41, 5.74) is 1.78. The number of benzene rings is 3. The van der Waals surface area contributed by atoms with Crippen LogP contribution in [0.4, 0.5) is 16.2 Å². The van der Waals surface area contributed by atoms with Gasteiger partial charge in [0, 0.05) is 6.61 Å². The molecule has 33 heavy (non-hydrogen) atoms. The second kappa shape index (κ2) is 10.9. The van der Waals surface area contributed by atoms with E-state index in [0.29, 0.717) is 22.0 Å². The summed E-state index contributed by atoms with van der Waals surface area (Å²) in [7, 11) is -3.88. The molecular weight excluding hydrogens is 485 g/mol. The first kappa shape index (κ1) is 24.9. The van der Waals surface area contributed by atoms with Gasteiger partial charge in [0.15, 0.2) is 0 Å². The van der Waals surface area contributed by atoms with Gasteiger partial charge in [-0.1, -0.05) is 59.6 Å². The van der Waals surface area contributed by atoms with Crippen molar-refractivity contribution in [2.45, 2.75) is 24.3 Å². The highest BCUT2D eigenvalue weighted by Gasteiger charge is 2.19. The number of nitrogens with one attached hydrogen (secondary N) is 3. The summed E-state index contributed by atoms with van der Waals surface area (Å²) in [6.07, 6.45) is 0.344. The summed E-state index contributed by atoms with van der Waals surface area (Å²) in [6, 6.07) is 16.8. The molecule has 0 aliphatic carbocycles. The van der Waals surface area contributed by atoms with Crippen LogP contribution in [0, 0.1) is 0 Å². The predicted octanol–water partition coefficient (Wildman–Crippen LogP) is 5.21. The van der Waals surface area contributed by atoms with Crippen LogP contribution in [0.1, 0.15) is 24.1 Å². The van der Waals surface area contributed by atoms with E-state index in [1.54, 1.807) is 61.5 Å². The van der Waals surface area contributed by atoms with Crippen LogP contribution < -0.4 is 15.4 Å². The number of rotatable bonds is 8. The van der Waals surface area contributed by atoms with E-state index in [4.69, 9.17) is 23.2 Å². The minimum Gasteiger partial charge on any atom is -0.396 e. The fourth-order valence-corrected chi connectivity index (χ4v) is 4.73. The molecule has 0 bridgehead atoms. The van der Waals surface area contributed by atoms with Gasteiger partial charge in [-0.15, -0.1) is 0 Å². The topological polar surface area (TPSA) is 108 Å². The second-order valence-electron chi connectivity index (χ2n) is 7.24. The summed E-state index contributed by atoms with van der Waals surface area (Å²) in [4.78, 5) is 12.8. The van der Waals surface area contributed by atoms with E-state index in [9.17, 15) is 18.3 Å². The minimum atomic E-state index is -3.88. The maximum atomic E-state index is 12.8. The van der Waals surface area contributed by atoms with E-state index in [-0.39, 0.29) is 22.9 Å². The Balaban J connectivity index is 1.84. The van der Waals surface area contributed by atoms with Gasteiger partial charge in [-0.25, -0.2) is 13.2 Å². The lowest BCUT2D eigenvalue weighted by molar-refractivity contribution is 0.249. The molecule has 0 aliphatic rings. The molecule has 2 amide bonds. The highest BCUT2D eigenvalue weighted by Crippen LogP contribution is 2.30. The number of urea groups is 1. The SMILES string of the molecule is C[C@H](NC(=O)Nc1cc(CCO)ccc1NS(=O)(=O)c1ccccc1)c1cccc(Cl)c1Cl. The van der Waals surface area contributed by atoms with Crippen LogP contribution in [0.25, 0.3) is 0 Å². The third-order valence-corrected chi connectivity index (χ3v) is 7.04. The Hall–Kier alpha value is -2.78. The van der Waals surface area contributed by atoms with Gasteiger partial charge < -0.3 is 15.7 Å². The Labute approximate surface area is 202 Å². The fraction of sp³-hybridized carbons (Fsp3) is 0.174. The summed E-state index contributed by atoms with van der Waals surface area (Å²) in [6.45, 7) is 1.66. The van der Waals surface area contributed by atoms with Gasteiger partial charge in [-0.3, -0.25) is 4.72 Å². The van der Waals surface area contributed by atoms with E-state index >= 15 is 0 Å². The number of hydrogen-bond acceptors (Lipinski definition) is 4. The van der Waals surface area contributed by atoms with Gasteiger partial charge in [0.25, 0.3) is 10.0 Å². The molecule has 0 aromatic heterocycles. The molecule has 1 atom stereocenters. The van der Waals surface area contributed by atoms with Crippen LogP contribution >= 0.6 is 23.2 Å². The highest BCUT2D eigenvalue weighted by molar-refractivity contribution is 7.92. The Morgan fingerprint density at radius 3 is 2.42 bits per heavy atom. The fourth-order valence-electron chi connectivity index (χ4n) is 3.16. The monoisotopic (exact) mass is 507 g/mol. The van der Waals surface area contributed by atoms with Crippen molar-refractivity contribution in [2.24, 2.45) is 0 Å². The first-order valence-electron chi connectivity index (χ1n) is 10.0. The second-order valence-corrected chi connectivity index (χ2v) is 9.70. The molecule has 0 spiro atoms. The van der Waals surface area contributed by atoms with Gasteiger partial charge in [-0.05, 0) is 54.8 Å². The van der Waals surface area contributed by atoms with E-state index in [1.165, 1.54) is 12.1 Å². The van der Waals surface area contributed by atoms with Gasteiger partial charge in [-0.2, -0.15) is 0 Å². The molecule has 0 unspecified atom stereocenters. The lowest BCUT2D eigenvalue weighted by atomic mass is 10.1. The molecule has 0 saturated heterocycles. The molecule has 0 aliphatic heterocycles. The van der Waals surface area contributed by atoms with Crippen molar-refractivity contribution in [3.63, 3.8) is 0 Å². The maximum Gasteiger partial charge on any atom is 0.319 e. The van der Waals surface area contributed by atoms with Gasteiger partial charge >= 0.3 is 6.03 Å². The average molecular weight is 508 g/mol. The first-order chi connectivity index (χ1) is 15.7. The van der Waals surface area contributed by atoms with Crippen molar-refractivity contribution in [3.05, 3.63) is 87.9 Å². The highest BCUT2D eigenvalue weighted by atomic mass is 35.5. The summed E-state index contributed by atoms with van der Waals surface area (Å²) in [5.74, 6) is 0.